The highest BCUT2D eigenvalue weighted by molar-refractivity contribution is 4.99. The lowest BCUT2D eigenvalue weighted by atomic mass is 9.85. The van der Waals surface area contributed by atoms with Gasteiger partial charge in [0.25, 0.3) is 0 Å². The molecule has 0 aromatic heterocycles. The van der Waals surface area contributed by atoms with Gasteiger partial charge in [0.15, 0.2) is 0 Å². The zero-order chi connectivity index (χ0) is 11.9. The first-order valence-corrected chi connectivity index (χ1v) is 7.27. The summed E-state index contributed by atoms with van der Waals surface area (Å²) in [6, 6.07) is 1.18. The first-order valence-electron chi connectivity index (χ1n) is 7.27. The molecule has 98 valence electrons. The Balaban J connectivity index is 1.69. The van der Waals surface area contributed by atoms with E-state index in [0.29, 0.717) is 18.7 Å². The maximum atomic E-state index is 9.81. The molecule has 3 aliphatic rings. The molecule has 3 heteroatoms. The predicted octanol–water partition coefficient (Wildman–Crippen LogP) is 1.53. The van der Waals surface area contributed by atoms with E-state index in [4.69, 9.17) is 0 Å². The molecule has 3 fully saturated rings. The smallest absolute Gasteiger partial charge is 0.0570 e. The second-order valence-corrected chi connectivity index (χ2v) is 6.55. The van der Waals surface area contributed by atoms with Gasteiger partial charge in [0.2, 0.25) is 0 Å². The molecule has 0 aromatic carbocycles. The Morgan fingerprint density at radius 2 is 1.65 bits per heavy atom. The van der Waals surface area contributed by atoms with Crippen molar-refractivity contribution >= 4 is 0 Å². The van der Waals surface area contributed by atoms with Crippen LogP contribution in [-0.2, 0) is 0 Å². The fraction of sp³-hybridized carbons (Fsp3) is 1.00. The minimum absolute atomic E-state index is 0.0718. The molecule has 0 spiro atoms. The molecule has 2 saturated heterocycles. The minimum atomic E-state index is -0.0718. The first kappa shape index (κ1) is 11.9. The molecule has 2 aliphatic heterocycles. The van der Waals surface area contributed by atoms with Gasteiger partial charge in [-0.25, -0.2) is 0 Å². The average molecular weight is 239 g/mol. The Kier molecular flexibility index (Phi) is 3.18. The largest absolute Gasteiger partial charge is 0.396 e. The van der Waals surface area contributed by atoms with Crippen molar-refractivity contribution in [3.63, 3.8) is 0 Å². The summed E-state index contributed by atoms with van der Waals surface area (Å²) >= 11 is 0. The van der Waals surface area contributed by atoms with Crippen molar-refractivity contribution in [2.24, 2.45) is 5.41 Å². The molecule has 0 amide bonds. The van der Waals surface area contributed by atoms with Crippen LogP contribution in [0.15, 0.2) is 0 Å². The summed E-state index contributed by atoms with van der Waals surface area (Å²) in [6.07, 6.45) is 9.31. The molecule has 1 saturated carbocycles. The van der Waals surface area contributed by atoms with E-state index in [0.717, 1.165) is 19.4 Å². The molecule has 3 rings (SSSR count). The van der Waals surface area contributed by atoms with Crippen LogP contribution < -0.4 is 0 Å². The van der Waals surface area contributed by atoms with Crippen LogP contribution >= 0.6 is 0 Å². The maximum Gasteiger partial charge on any atom is 0.0570 e. The van der Waals surface area contributed by atoms with E-state index in [2.05, 4.69) is 4.90 Å². The number of aliphatic hydroxyl groups excluding tert-OH is 2. The van der Waals surface area contributed by atoms with Gasteiger partial charge in [-0.1, -0.05) is 12.8 Å². The average Bonchev–Trinajstić information content (AvgIpc) is 2.86. The molecule has 2 atom stereocenters. The van der Waals surface area contributed by atoms with Gasteiger partial charge in [-0.2, -0.15) is 0 Å². The second-order valence-electron chi connectivity index (χ2n) is 6.55. The summed E-state index contributed by atoms with van der Waals surface area (Å²) in [6.45, 7) is 1.43. The van der Waals surface area contributed by atoms with Crippen molar-refractivity contribution in [2.45, 2.75) is 69.6 Å². The summed E-state index contributed by atoms with van der Waals surface area (Å²) < 4.78 is 0. The number of nitrogens with zero attached hydrogens (tertiary/aromatic N) is 1. The lowest BCUT2D eigenvalue weighted by molar-refractivity contribution is -0.00413. The van der Waals surface area contributed by atoms with Crippen LogP contribution in [0.2, 0.25) is 0 Å². The van der Waals surface area contributed by atoms with Gasteiger partial charge in [0.1, 0.15) is 0 Å². The fourth-order valence-electron chi connectivity index (χ4n) is 4.38. The van der Waals surface area contributed by atoms with Crippen LogP contribution in [0, 0.1) is 5.41 Å². The molecule has 3 nitrogen and oxygen atoms in total. The molecule has 0 radical (unpaired) electrons. The monoisotopic (exact) mass is 239 g/mol. The van der Waals surface area contributed by atoms with Crippen LogP contribution in [-0.4, -0.2) is 46.5 Å². The van der Waals surface area contributed by atoms with Gasteiger partial charge in [0, 0.05) is 30.7 Å². The standard InChI is InChI=1S/C14H25NO2/c16-10-14(5-1-2-6-14)9-15-11-3-4-12(15)8-13(17)7-11/h11-13,16-17H,1-10H2. The summed E-state index contributed by atoms with van der Waals surface area (Å²) in [4.78, 5) is 2.62. The van der Waals surface area contributed by atoms with Crippen LogP contribution in [0.1, 0.15) is 51.4 Å². The molecule has 2 unspecified atom stereocenters. The van der Waals surface area contributed by atoms with E-state index in [1.165, 1.54) is 38.5 Å². The zero-order valence-electron chi connectivity index (χ0n) is 10.6. The highest BCUT2D eigenvalue weighted by atomic mass is 16.3. The second kappa shape index (κ2) is 4.52. The molecule has 17 heavy (non-hydrogen) atoms. The molecule has 2 heterocycles. The van der Waals surface area contributed by atoms with Gasteiger partial charge < -0.3 is 10.2 Å². The van der Waals surface area contributed by atoms with Gasteiger partial charge in [-0.3, -0.25) is 4.90 Å². The number of rotatable bonds is 3. The van der Waals surface area contributed by atoms with Crippen molar-refractivity contribution in [1.29, 1.82) is 0 Å². The van der Waals surface area contributed by atoms with Crippen LogP contribution in [0.3, 0.4) is 0 Å². The zero-order valence-corrected chi connectivity index (χ0v) is 10.6. The Morgan fingerprint density at radius 1 is 1.06 bits per heavy atom. The number of hydrogen-bond donors (Lipinski definition) is 2. The molecular formula is C14H25NO2. The Labute approximate surface area is 104 Å². The highest BCUT2D eigenvalue weighted by Crippen LogP contribution is 2.43. The highest BCUT2D eigenvalue weighted by Gasteiger charge is 2.44. The summed E-state index contributed by atoms with van der Waals surface area (Å²) in [5.74, 6) is 0. The topological polar surface area (TPSA) is 43.7 Å². The van der Waals surface area contributed by atoms with Crippen molar-refractivity contribution in [2.75, 3.05) is 13.2 Å². The number of piperidine rings is 1. The number of hydrogen-bond acceptors (Lipinski definition) is 3. The summed E-state index contributed by atoms with van der Waals surface area (Å²) in [5.41, 5.74) is 0.184. The Hall–Kier alpha value is -0.120. The summed E-state index contributed by atoms with van der Waals surface area (Å²) in [5, 5.41) is 19.5. The summed E-state index contributed by atoms with van der Waals surface area (Å²) in [7, 11) is 0. The predicted molar refractivity (Wildman–Crippen MR) is 66.7 cm³/mol. The SMILES string of the molecule is OCC1(CN2C3CCC2CC(O)C3)CCCC1. The van der Waals surface area contributed by atoms with Crippen molar-refractivity contribution in [1.82, 2.24) is 4.90 Å². The number of aliphatic hydroxyl groups is 2. The van der Waals surface area contributed by atoms with Crippen molar-refractivity contribution in [3.8, 4) is 0 Å². The van der Waals surface area contributed by atoms with E-state index < -0.39 is 0 Å². The lowest BCUT2D eigenvalue weighted by Gasteiger charge is -2.42. The minimum Gasteiger partial charge on any atom is -0.396 e. The Bertz CT molecular complexity index is 261. The third-order valence-corrected chi connectivity index (χ3v) is 5.38. The fourth-order valence-corrected chi connectivity index (χ4v) is 4.38. The van der Waals surface area contributed by atoms with E-state index in [-0.39, 0.29) is 11.5 Å². The molecule has 1 aliphatic carbocycles. The van der Waals surface area contributed by atoms with Gasteiger partial charge in [-0.05, 0) is 38.5 Å². The van der Waals surface area contributed by atoms with E-state index in [9.17, 15) is 10.2 Å². The third-order valence-electron chi connectivity index (χ3n) is 5.38. The lowest BCUT2D eigenvalue weighted by Crippen LogP contribution is -2.49. The molecule has 2 N–H and O–H groups in total. The van der Waals surface area contributed by atoms with Gasteiger partial charge >= 0.3 is 0 Å². The third kappa shape index (κ3) is 2.13. The molecule has 0 aromatic rings. The quantitative estimate of drug-likeness (QED) is 0.785. The van der Waals surface area contributed by atoms with Gasteiger partial charge in [0.05, 0.1) is 6.10 Å². The van der Waals surface area contributed by atoms with E-state index in [1.54, 1.807) is 0 Å². The van der Waals surface area contributed by atoms with Crippen molar-refractivity contribution in [3.05, 3.63) is 0 Å². The normalized spacial score (nSPS) is 40.9. The van der Waals surface area contributed by atoms with Gasteiger partial charge in [-0.15, -0.1) is 0 Å². The first-order chi connectivity index (χ1) is 8.22. The number of fused-ring (bicyclic) bond motifs is 2. The van der Waals surface area contributed by atoms with Crippen LogP contribution in [0.25, 0.3) is 0 Å². The van der Waals surface area contributed by atoms with Crippen LogP contribution in [0.5, 0.6) is 0 Å². The maximum absolute atomic E-state index is 9.81. The van der Waals surface area contributed by atoms with E-state index in [1.807, 2.05) is 0 Å². The van der Waals surface area contributed by atoms with E-state index >= 15 is 0 Å². The molecular weight excluding hydrogens is 214 g/mol. The van der Waals surface area contributed by atoms with Crippen LogP contribution in [0.4, 0.5) is 0 Å². The molecule has 2 bridgehead atoms. The van der Waals surface area contributed by atoms with Crippen molar-refractivity contribution < 1.29 is 10.2 Å². The Morgan fingerprint density at radius 3 is 2.18 bits per heavy atom.